The summed E-state index contributed by atoms with van der Waals surface area (Å²) >= 11 is 0. The molecule has 0 fully saturated rings. The SMILES string of the molecule is C=CC=C(C)CC=C(C)C=C. The van der Waals surface area contributed by atoms with Crippen LogP contribution in [0.3, 0.4) is 0 Å². The second-order valence-corrected chi connectivity index (χ2v) is 2.61. The lowest BCUT2D eigenvalue weighted by molar-refractivity contribution is 1.19. The smallest absolute Gasteiger partial charge is 0.0133 e. The Labute approximate surface area is 69.6 Å². The predicted molar refractivity (Wildman–Crippen MR) is 52.5 cm³/mol. The summed E-state index contributed by atoms with van der Waals surface area (Å²) in [6.07, 6.45) is 8.84. The Morgan fingerprint density at radius 2 is 1.91 bits per heavy atom. The molecule has 0 heterocycles. The quantitative estimate of drug-likeness (QED) is 0.534. The summed E-state index contributed by atoms with van der Waals surface area (Å²) < 4.78 is 0. The first kappa shape index (κ1) is 9.96. The van der Waals surface area contributed by atoms with Gasteiger partial charge in [-0.2, -0.15) is 0 Å². The molecule has 0 spiro atoms. The standard InChI is InChI=1S/C11H16/c1-5-7-11(4)9-8-10(3)6-2/h5-8H,1-2,9H2,3-4H3. The molecule has 0 rings (SSSR count). The first-order valence-corrected chi connectivity index (χ1v) is 3.78. The van der Waals surface area contributed by atoms with Gasteiger partial charge in [0.05, 0.1) is 0 Å². The summed E-state index contributed by atoms with van der Waals surface area (Å²) in [5, 5.41) is 0. The molecule has 0 atom stereocenters. The lowest BCUT2D eigenvalue weighted by Crippen LogP contribution is -1.73. The lowest BCUT2D eigenvalue weighted by atomic mass is 10.1. The van der Waals surface area contributed by atoms with Crippen LogP contribution in [0.4, 0.5) is 0 Å². The molecular weight excluding hydrogens is 132 g/mol. The highest BCUT2D eigenvalue weighted by Crippen LogP contribution is 2.04. The van der Waals surface area contributed by atoms with Crippen molar-refractivity contribution in [1.29, 1.82) is 0 Å². The van der Waals surface area contributed by atoms with Gasteiger partial charge in [0.15, 0.2) is 0 Å². The largest absolute Gasteiger partial charge is 0.0991 e. The van der Waals surface area contributed by atoms with Crippen LogP contribution < -0.4 is 0 Å². The third-order valence-electron chi connectivity index (χ3n) is 1.47. The van der Waals surface area contributed by atoms with Crippen LogP contribution in [0.25, 0.3) is 0 Å². The van der Waals surface area contributed by atoms with Gasteiger partial charge in [0.1, 0.15) is 0 Å². The van der Waals surface area contributed by atoms with E-state index in [9.17, 15) is 0 Å². The van der Waals surface area contributed by atoms with Gasteiger partial charge in [0, 0.05) is 0 Å². The first-order chi connectivity index (χ1) is 5.20. The molecule has 0 aliphatic carbocycles. The van der Waals surface area contributed by atoms with Crippen molar-refractivity contribution in [2.24, 2.45) is 0 Å². The minimum absolute atomic E-state index is 0.990. The Morgan fingerprint density at radius 3 is 2.36 bits per heavy atom. The minimum Gasteiger partial charge on any atom is -0.0991 e. The summed E-state index contributed by atoms with van der Waals surface area (Å²) in [7, 11) is 0. The van der Waals surface area contributed by atoms with Crippen molar-refractivity contribution < 1.29 is 0 Å². The maximum atomic E-state index is 3.68. The van der Waals surface area contributed by atoms with E-state index in [0.29, 0.717) is 0 Å². The molecule has 0 radical (unpaired) electrons. The molecule has 0 unspecified atom stereocenters. The average molecular weight is 148 g/mol. The highest BCUT2D eigenvalue weighted by atomic mass is 13.9. The molecule has 60 valence electrons. The Morgan fingerprint density at radius 1 is 1.27 bits per heavy atom. The van der Waals surface area contributed by atoms with Crippen LogP contribution in [0.5, 0.6) is 0 Å². The molecule has 0 saturated carbocycles. The number of hydrogen-bond donors (Lipinski definition) is 0. The van der Waals surface area contributed by atoms with Gasteiger partial charge in [-0.25, -0.2) is 0 Å². The summed E-state index contributed by atoms with van der Waals surface area (Å²) in [5.74, 6) is 0. The highest BCUT2D eigenvalue weighted by molar-refractivity contribution is 5.18. The second kappa shape index (κ2) is 5.72. The van der Waals surface area contributed by atoms with Crippen molar-refractivity contribution in [1.82, 2.24) is 0 Å². The van der Waals surface area contributed by atoms with Crippen molar-refractivity contribution in [2.45, 2.75) is 20.3 Å². The molecular formula is C11H16. The maximum Gasteiger partial charge on any atom is -0.0133 e. The van der Waals surface area contributed by atoms with Gasteiger partial charge in [0.2, 0.25) is 0 Å². The van der Waals surface area contributed by atoms with Gasteiger partial charge in [-0.3, -0.25) is 0 Å². The molecule has 0 saturated heterocycles. The van der Waals surface area contributed by atoms with Crippen LogP contribution in [0.15, 0.2) is 48.6 Å². The molecule has 11 heavy (non-hydrogen) atoms. The van der Waals surface area contributed by atoms with Crippen LogP contribution in [0.2, 0.25) is 0 Å². The molecule has 0 aromatic carbocycles. The molecule has 0 N–H and O–H groups in total. The summed E-state index contributed by atoms with van der Waals surface area (Å²) in [6, 6.07) is 0. The zero-order valence-electron chi connectivity index (χ0n) is 7.43. The van der Waals surface area contributed by atoms with Gasteiger partial charge in [-0.1, -0.05) is 48.6 Å². The summed E-state index contributed by atoms with van der Waals surface area (Å²) in [5.41, 5.74) is 2.54. The number of allylic oxidation sites excluding steroid dienone is 6. The fraction of sp³-hybridized carbons (Fsp3) is 0.273. The van der Waals surface area contributed by atoms with Gasteiger partial charge < -0.3 is 0 Å². The van der Waals surface area contributed by atoms with E-state index >= 15 is 0 Å². The van der Waals surface area contributed by atoms with Gasteiger partial charge in [-0.15, -0.1) is 0 Å². The second-order valence-electron chi connectivity index (χ2n) is 2.61. The van der Waals surface area contributed by atoms with E-state index in [-0.39, 0.29) is 0 Å². The Hall–Kier alpha value is -1.04. The Bertz CT molecular complexity index is 192. The highest BCUT2D eigenvalue weighted by Gasteiger charge is 1.83. The molecule has 0 aliphatic rings. The minimum atomic E-state index is 0.990. The van der Waals surface area contributed by atoms with E-state index < -0.39 is 0 Å². The average Bonchev–Trinajstić information content (AvgIpc) is 2.01. The van der Waals surface area contributed by atoms with Gasteiger partial charge >= 0.3 is 0 Å². The van der Waals surface area contributed by atoms with Gasteiger partial charge in [-0.05, 0) is 20.3 Å². The van der Waals surface area contributed by atoms with Crippen LogP contribution in [-0.2, 0) is 0 Å². The van der Waals surface area contributed by atoms with Crippen molar-refractivity contribution >= 4 is 0 Å². The fourth-order valence-electron chi connectivity index (χ4n) is 0.675. The topological polar surface area (TPSA) is 0 Å². The molecule has 0 bridgehead atoms. The monoisotopic (exact) mass is 148 g/mol. The van der Waals surface area contributed by atoms with Crippen LogP contribution in [0, 0.1) is 0 Å². The molecule has 0 aliphatic heterocycles. The zero-order valence-corrected chi connectivity index (χ0v) is 7.43. The van der Waals surface area contributed by atoms with E-state index in [4.69, 9.17) is 0 Å². The predicted octanol–water partition coefficient (Wildman–Crippen LogP) is 3.64. The Kier molecular flexibility index (Phi) is 5.18. The molecule has 0 aromatic rings. The molecule has 0 heteroatoms. The van der Waals surface area contributed by atoms with E-state index in [1.165, 1.54) is 11.1 Å². The summed E-state index contributed by atoms with van der Waals surface area (Å²) in [4.78, 5) is 0. The van der Waals surface area contributed by atoms with E-state index in [0.717, 1.165) is 6.42 Å². The van der Waals surface area contributed by atoms with E-state index in [2.05, 4.69) is 26.2 Å². The van der Waals surface area contributed by atoms with Crippen molar-refractivity contribution in [2.75, 3.05) is 0 Å². The molecule has 0 amide bonds. The number of hydrogen-bond acceptors (Lipinski definition) is 0. The molecule has 0 aromatic heterocycles. The van der Waals surface area contributed by atoms with Crippen molar-refractivity contribution in [3.8, 4) is 0 Å². The van der Waals surface area contributed by atoms with Crippen LogP contribution in [-0.4, -0.2) is 0 Å². The van der Waals surface area contributed by atoms with E-state index in [1.807, 2.05) is 25.2 Å². The van der Waals surface area contributed by atoms with E-state index in [1.54, 1.807) is 0 Å². The van der Waals surface area contributed by atoms with Crippen LogP contribution >= 0.6 is 0 Å². The third kappa shape index (κ3) is 5.41. The third-order valence-corrected chi connectivity index (χ3v) is 1.47. The summed E-state index contributed by atoms with van der Waals surface area (Å²) in [6.45, 7) is 11.4. The first-order valence-electron chi connectivity index (χ1n) is 3.78. The van der Waals surface area contributed by atoms with Crippen LogP contribution in [0.1, 0.15) is 20.3 Å². The van der Waals surface area contributed by atoms with Crippen molar-refractivity contribution in [3.63, 3.8) is 0 Å². The zero-order chi connectivity index (χ0) is 8.69. The normalized spacial score (nSPS) is 12.9. The Balaban J connectivity index is 3.96. The lowest BCUT2D eigenvalue weighted by Gasteiger charge is -1.93. The number of rotatable bonds is 4. The van der Waals surface area contributed by atoms with Gasteiger partial charge in [0.25, 0.3) is 0 Å². The van der Waals surface area contributed by atoms with Crippen molar-refractivity contribution in [3.05, 3.63) is 48.6 Å². The maximum absolute atomic E-state index is 3.68. The molecule has 0 nitrogen and oxygen atoms in total. The fourth-order valence-corrected chi connectivity index (χ4v) is 0.675.